The molecule has 1 aromatic rings. The maximum Gasteiger partial charge on any atom is 0.407 e. The quantitative estimate of drug-likeness (QED) is 0.897. The highest BCUT2D eigenvalue weighted by Gasteiger charge is 2.32. The lowest BCUT2D eigenvalue weighted by Gasteiger charge is -2.19. The number of benzene rings is 1. The van der Waals surface area contributed by atoms with Crippen molar-refractivity contribution < 1.29 is 9.53 Å². The van der Waals surface area contributed by atoms with Gasteiger partial charge in [-0.1, -0.05) is 24.3 Å². The van der Waals surface area contributed by atoms with Gasteiger partial charge in [-0.3, -0.25) is 0 Å². The molecule has 1 aromatic carbocycles. The lowest BCUT2D eigenvalue weighted by atomic mass is 10.1. The third-order valence-corrected chi connectivity index (χ3v) is 4.09. The molecule has 92 valence electrons. The summed E-state index contributed by atoms with van der Waals surface area (Å²) < 4.78 is 4.94. The number of rotatable bonds is 3. The molecular formula is C13H17NO2S. The molecule has 0 saturated heterocycles. The number of alkyl carbamates (subject to hydrolysis) is 1. The average Bonchev–Trinajstić information content (AvgIpc) is 2.66. The zero-order valence-electron chi connectivity index (χ0n) is 10.1. The first-order valence-electron chi connectivity index (χ1n) is 5.80. The van der Waals surface area contributed by atoms with Crippen LogP contribution in [0.2, 0.25) is 0 Å². The van der Waals surface area contributed by atoms with Crippen LogP contribution in [-0.4, -0.2) is 25.0 Å². The highest BCUT2D eigenvalue weighted by Crippen LogP contribution is 2.39. The maximum atomic E-state index is 11.5. The molecule has 0 spiro atoms. The topological polar surface area (TPSA) is 38.3 Å². The fourth-order valence-corrected chi connectivity index (χ4v) is 3.28. The van der Waals surface area contributed by atoms with E-state index in [1.807, 2.05) is 13.0 Å². The lowest BCUT2D eigenvalue weighted by Crippen LogP contribution is -2.37. The second kappa shape index (κ2) is 5.45. The lowest BCUT2D eigenvalue weighted by molar-refractivity contribution is 0.148. The number of thioether (sulfide) groups is 1. The van der Waals surface area contributed by atoms with Crippen LogP contribution < -0.4 is 5.32 Å². The third kappa shape index (κ3) is 2.57. The summed E-state index contributed by atoms with van der Waals surface area (Å²) in [5.41, 5.74) is 2.66. The van der Waals surface area contributed by atoms with Crippen molar-refractivity contribution in [3.05, 3.63) is 35.4 Å². The number of hydrogen-bond donors (Lipinski definition) is 1. The summed E-state index contributed by atoms with van der Waals surface area (Å²) in [4.78, 5) is 11.5. The second-order valence-electron chi connectivity index (χ2n) is 4.03. The molecule has 2 rings (SSSR count). The number of ether oxygens (including phenoxy) is 1. The van der Waals surface area contributed by atoms with Crippen molar-refractivity contribution in [1.82, 2.24) is 5.32 Å². The van der Waals surface area contributed by atoms with Gasteiger partial charge in [0.15, 0.2) is 0 Å². The Hall–Kier alpha value is -1.16. The van der Waals surface area contributed by atoms with Crippen molar-refractivity contribution in [2.75, 3.05) is 12.9 Å². The van der Waals surface area contributed by atoms with Crippen LogP contribution in [0, 0.1) is 0 Å². The van der Waals surface area contributed by atoms with Gasteiger partial charge in [-0.2, -0.15) is 11.8 Å². The van der Waals surface area contributed by atoms with Crippen LogP contribution in [0.25, 0.3) is 0 Å². The van der Waals surface area contributed by atoms with Crippen molar-refractivity contribution in [2.45, 2.75) is 24.6 Å². The van der Waals surface area contributed by atoms with Gasteiger partial charge in [-0.05, 0) is 30.7 Å². The summed E-state index contributed by atoms with van der Waals surface area (Å²) in [6, 6.07) is 8.51. The van der Waals surface area contributed by atoms with Crippen LogP contribution in [0.3, 0.4) is 0 Å². The monoisotopic (exact) mass is 251 g/mol. The molecule has 0 bridgehead atoms. The van der Waals surface area contributed by atoms with E-state index in [1.54, 1.807) is 11.8 Å². The molecule has 0 aliphatic heterocycles. The number of fused-ring (bicyclic) bond motifs is 1. The van der Waals surface area contributed by atoms with Gasteiger partial charge >= 0.3 is 6.09 Å². The average molecular weight is 251 g/mol. The molecule has 0 unspecified atom stereocenters. The van der Waals surface area contributed by atoms with Crippen LogP contribution in [0.15, 0.2) is 24.3 Å². The number of carbonyl (C=O) groups is 1. The number of amides is 1. The van der Waals surface area contributed by atoms with Crippen molar-refractivity contribution in [1.29, 1.82) is 0 Å². The molecule has 3 nitrogen and oxygen atoms in total. The van der Waals surface area contributed by atoms with Gasteiger partial charge in [0.1, 0.15) is 0 Å². The minimum Gasteiger partial charge on any atom is -0.450 e. The van der Waals surface area contributed by atoms with E-state index in [2.05, 4.69) is 29.8 Å². The normalized spacial score (nSPS) is 22.0. The SMILES string of the molecule is CCOC(=O)N[C@@H]1Cc2ccccc2[C@H]1SC. The van der Waals surface area contributed by atoms with Crippen LogP contribution >= 0.6 is 11.8 Å². The Bertz CT molecular complexity index is 408. The third-order valence-electron chi connectivity index (χ3n) is 3.00. The molecule has 2 atom stereocenters. The summed E-state index contributed by atoms with van der Waals surface area (Å²) in [5.74, 6) is 0. The Kier molecular flexibility index (Phi) is 3.94. The largest absolute Gasteiger partial charge is 0.450 e. The Labute approximate surface area is 106 Å². The van der Waals surface area contributed by atoms with Crippen LogP contribution in [0.4, 0.5) is 4.79 Å². The number of nitrogens with one attached hydrogen (secondary N) is 1. The molecule has 4 heteroatoms. The maximum absolute atomic E-state index is 11.5. The van der Waals surface area contributed by atoms with E-state index in [0.29, 0.717) is 11.9 Å². The van der Waals surface area contributed by atoms with Gasteiger partial charge in [-0.15, -0.1) is 0 Å². The van der Waals surface area contributed by atoms with E-state index in [9.17, 15) is 4.79 Å². The molecular weight excluding hydrogens is 234 g/mol. The Morgan fingerprint density at radius 3 is 3.00 bits per heavy atom. The van der Waals surface area contributed by atoms with Gasteiger partial charge in [-0.25, -0.2) is 4.79 Å². The van der Waals surface area contributed by atoms with E-state index < -0.39 is 0 Å². The fraction of sp³-hybridized carbons (Fsp3) is 0.462. The predicted molar refractivity (Wildman–Crippen MR) is 70.3 cm³/mol. The summed E-state index contributed by atoms with van der Waals surface area (Å²) in [7, 11) is 0. The highest BCUT2D eigenvalue weighted by atomic mass is 32.2. The molecule has 1 aliphatic rings. The van der Waals surface area contributed by atoms with Crippen LogP contribution in [0.1, 0.15) is 23.3 Å². The first-order valence-corrected chi connectivity index (χ1v) is 7.09. The van der Waals surface area contributed by atoms with Crippen LogP contribution in [0.5, 0.6) is 0 Å². The van der Waals surface area contributed by atoms with Gasteiger partial charge in [0.05, 0.1) is 17.9 Å². The van der Waals surface area contributed by atoms with Crippen molar-refractivity contribution >= 4 is 17.9 Å². The molecule has 0 fully saturated rings. The molecule has 0 saturated carbocycles. The predicted octanol–water partition coefficient (Wildman–Crippen LogP) is 2.76. The number of carbonyl (C=O) groups excluding carboxylic acids is 1. The van der Waals surface area contributed by atoms with E-state index in [4.69, 9.17) is 4.74 Å². The molecule has 17 heavy (non-hydrogen) atoms. The second-order valence-corrected chi connectivity index (χ2v) is 5.01. The van der Waals surface area contributed by atoms with Crippen LogP contribution in [-0.2, 0) is 11.2 Å². The Balaban J connectivity index is 2.09. The zero-order valence-corrected chi connectivity index (χ0v) is 10.9. The molecule has 0 heterocycles. The summed E-state index contributed by atoms with van der Waals surface area (Å²) in [5, 5.41) is 3.28. The number of hydrogen-bond acceptors (Lipinski definition) is 3. The van der Waals surface area contributed by atoms with Gasteiger partial charge in [0, 0.05) is 0 Å². The van der Waals surface area contributed by atoms with Gasteiger partial charge in [0.2, 0.25) is 0 Å². The first kappa shape index (κ1) is 12.3. The first-order chi connectivity index (χ1) is 8.26. The summed E-state index contributed by atoms with van der Waals surface area (Å²) in [6.07, 6.45) is 2.65. The highest BCUT2D eigenvalue weighted by molar-refractivity contribution is 7.98. The molecule has 1 amide bonds. The molecule has 0 aromatic heterocycles. The smallest absolute Gasteiger partial charge is 0.407 e. The van der Waals surface area contributed by atoms with Gasteiger partial charge in [0.25, 0.3) is 0 Å². The van der Waals surface area contributed by atoms with E-state index in [0.717, 1.165) is 6.42 Å². The Morgan fingerprint density at radius 2 is 2.29 bits per heavy atom. The Morgan fingerprint density at radius 1 is 1.53 bits per heavy atom. The summed E-state index contributed by atoms with van der Waals surface area (Å²) in [6.45, 7) is 2.23. The van der Waals surface area contributed by atoms with E-state index in [1.165, 1.54) is 11.1 Å². The molecule has 0 radical (unpaired) electrons. The zero-order chi connectivity index (χ0) is 12.3. The molecule has 1 N–H and O–H groups in total. The minimum atomic E-state index is -0.315. The minimum absolute atomic E-state index is 0.140. The van der Waals surface area contributed by atoms with Gasteiger partial charge < -0.3 is 10.1 Å². The van der Waals surface area contributed by atoms with E-state index >= 15 is 0 Å². The van der Waals surface area contributed by atoms with E-state index in [-0.39, 0.29) is 12.1 Å². The molecule has 1 aliphatic carbocycles. The standard InChI is InChI=1S/C13H17NO2S/c1-3-16-13(15)14-11-8-9-6-4-5-7-10(9)12(11)17-2/h4-7,11-12H,3,8H2,1-2H3,(H,14,15)/t11-,12-/m1/s1. The summed E-state index contributed by atoms with van der Waals surface area (Å²) >= 11 is 1.77. The van der Waals surface area contributed by atoms with Crippen molar-refractivity contribution in [2.24, 2.45) is 0 Å². The van der Waals surface area contributed by atoms with Crippen molar-refractivity contribution in [3.63, 3.8) is 0 Å². The fourth-order valence-electron chi connectivity index (χ4n) is 2.30. The van der Waals surface area contributed by atoms with Crippen molar-refractivity contribution in [3.8, 4) is 0 Å².